The third-order valence-electron chi connectivity index (χ3n) is 5.45. The fourth-order valence-corrected chi connectivity index (χ4v) is 4.58. The molecule has 2 aromatic carbocycles. The lowest BCUT2D eigenvalue weighted by Crippen LogP contribution is -2.49. The van der Waals surface area contributed by atoms with E-state index in [0.29, 0.717) is 18.8 Å². The van der Waals surface area contributed by atoms with E-state index < -0.39 is 0 Å². The zero-order valence-corrected chi connectivity index (χ0v) is 17.6. The molecule has 0 spiro atoms. The summed E-state index contributed by atoms with van der Waals surface area (Å²) in [6, 6.07) is 15.7. The van der Waals surface area contributed by atoms with E-state index in [1.54, 1.807) is 6.92 Å². The van der Waals surface area contributed by atoms with Crippen LogP contribution in [0.5, 0.6) is 0 Å². The number of rotatable bonds is 3. The van der Waals surface area contributed by atoms with Gasteiger partial charge in [0, 0.05) is 55.4 Å². The van der Waals surface area contributed by atoms with Crippen LogP contribution in [0.2, 0.25) is 0 Å². The minimum absolute atomic E-state index is 0.0529. The molecule has 0 aliphatic carbocycles. The summed E-state index contributed by atoms with van der Waals surface area (Å²) in [5, 5.41) is 1.05. The summed E-state index contributed by atoms with van der Waals surface area (Å²) < 4.78 is 2.83. The molecule has 0 unspecified atom stereocenters. The van der Waals surface area contributed by atoms with Gasteiger partial charge >= 0.3 is 0 Å². The molecule has 1 fully saturated rings. The minimum atomic E-state index is 0.0529. The number of piperazine rings is 1. The summed E-state index contributed by atoms with van der Waals surface area (Å²) >= 11 is 3.63. The van der Waals surface area contributed by atoms with Crippen LogP contribution in [0.15, 0.2) is 53.0 Å². The van der Waals surface area contributed by atoms with Crippen LogP contribution in [0.3, 0.4) is 0 Å². The Bertz CT molecular complexity index is 1010. The van der Waals surface area contributed by atoms with Gasteiger partial charge in [-0.05, 0) is 53.2 Å². The standard InChI is InChI=1S/C22H22BrN3O2/c1-15(27)16-7-9-17(10-8-16)25-11-13-26(14-12-25)22(28)21-20(23)18-5-3-4-6-19(18)24(21)2/h3-10H,11-14H2,1-2H3. The molecule has 5 nitrogen and oxygen atoms in total. The van der Waals surface area contributed by atoms with E-state index in [2.05, 4.69) is 20.8 Å². The van der Waals surface area contributed by atoms with E-state index in [-0.39, 0.29) is 11.7 Å². The molecular formula is C22H22BrN3O2. The van der Waals surface area contributed by atoms with Gasteiger partial charge in [0.1, 0.15) is 5.69 Å². The van der Waals surface area contributed by atoms with Crippen molar-refractivity contribution in [2.75, 3.05) is 31.1 Å². The lowest BCUT2D eigenvalue weighted by Gasteiger charge is -2.36. The number of nitrogens with zero attached hydrogens (tertiary/aromatic N) is 3. The predicted octanol–water partition coefficient (Wildman–Crippen LogP) is 4.11. The van der Waals surface area contributed by atoms with Crippen molar-refractivity contribution in [1.29, 1.82) is 0 Å². The van der Waals surface area contributed by atoms with Crippen molar-refractivity contribution in [3.05, 3.63) is 64.3 Å². The molecule has 2 heterocycles. The number of anilines is 1. The molecule has 6 heteroatoms. The van der Waals surface area contributed by atoms with Crippen molar-refractivity contribution in [3.63, 3.8) is 0 Å². The molecule has 0 saturated carbocycles. The number of Topliss-reactive ketones (excluding diaryl/α,β-unsaturated/α-hetero) is 1. The van der Waals surface area contributed by atoms with Gasteiger partial charge in [0.05, 0.1) is 4.47 Å². The Hall–Kier alpha value is -2.60. The largest absolute Gasteiger partial charge is 0.368 e. The highest BCUT2D eigenvalue weighted by Crippen LogP contribution is 2.31. The Kier molecular flexibility index (Phi) is 4.98. The maximum atomic E-state index is 13.2. The summed E-state index contributed by atoms with van der Waals surface area (Å²) in [5.41, 5.74) is 3.54. The second kappa shape index (κ2) is 7.43. The smallest absolute Gasteiger partial charge is 0.271 e. The number of benzene rings is 2. The van der Waals surface area contributed by atoms with Crippen LogP contribution in [0, 0.1) is 0 Å². The van der Waals surface area contributed by atoms with Gasteiger partial charge in [-0.25, -0.2) is 0 Å². The van der Waals surface area contributed by atoms with Crippen molar-refractivity contribution in [3.8, 4) is 0 Å². The topological polar surface area (TPSA) is 45.6 Å². The van der Waals surface area contributed by atoms with Gasteiger partial charge in [0.2, 0.25) is 0 Å². The number of amides is 1. The van der Waals surface area contributed by atoms with Crippen LogP contribution in [-0.4, -0.2) is 47.3 Å². The fraction of sp³-hybridized carbons (Fsp3) is 0.273. The summed E-state index contributed by atoms with van der Waals surface area (Å²) in [5.74, 6) is 0.125. The third kappa shape index (κ3) is 3.22. The molecule has 1 saturated heterocycles. The van der Waals surface area contributed by atoms with Gasteiger partial charge in [-0.1, -0.05) is 18.2 Å². The van der Waals surface area contributed by atoms with Crippen LogP contribution in [0.1, 0.15) is 27.8 Å². The number of halogens is 1. The molecular weight excluding hydrogens is 418 g/mol. The molecule has 4 rings (SSSR count). The fourth-order valence-electron chi connectivity index (χ4n) is 3.81. The number of hydrogen-bond acceptors (Lipinski definition) is 3. The Morgan fingerprint density at radius 1 is 0.929 bits per heavy atom. The van der Waals surface area contributed by atoms with Gasteiger partial charge in [0.15, 0.2) is 5.78 Å². The summed E-state index contributed by atoms with van der Waals surface area (Å²) in [4.78, 5) is 28.8. The maximum absolute atomic E-state index is 13.2. The van der Waals surface area contributed by atoms with E-state index in [0.717, 1.165) is 39.7 Å². The Morgan fingerprint density at radius 2 is 1.57 bits per heavy atom. The Labute approximate surface area is 172 Å². The molecule has 1 aromatic heterocycles. The number of para-hydroxylation sites is 1. The summed E-state index contributed by atoms with van der Waals surface area (Å²) in [7, 11) is 1.94. The lowest BCUT2D eigenvalue weighted by molar-refractivity contribution is 0.0736. The monoisotopic (exact) mass is 439 g/mol. The molecule has 144 valence electrons. The molecule has 1 aliphatic heterocycles. The molecule has 0 radical (unpaired) electrons. The number of hydrogen-bond donors (Lipinski definition) is 0. The summed E-state index contributed by atoms with van der Waals surface area (Å²) in [6.07, 6.45) is 0. The number of fused-ring (bicyclic) bond motifs is 1. The van der Waals surface area contributed by atoms with Crippen LogP contribution in [-0.2, 0) is 7.05 Å². The lowest BCUT2D eigenvalue weighted by atomic mass is 10.1. The SMILES string of the molecule is CC(=O)c1ccc(N2CCN(C(=O)c3c(Br)c4ccccc4n3C)CC2)cc1. The zero-order valence-electron chi connectivity index (χ0n) is 16.0. The van der Waals surface area contributed by atoms with Gasteiger partial charge in [-0.3, -0.25) is 9.59 Å². The quantitative estimate of drug-likeness (QED) is 0.576. The van der Waals surface area contributed by atoms with Crippen molar-refractivity contribution < 1.29 is 9.59 Å². The molecule has 1 aliphatic rings. The number of aryl methyl sites for hydroxylation is 1. The van der Waals surface area contributed by atoms with Crippen molar-refractivity contribution in [2.45, 2.75) is 6.92 Å². The Morgan fingerprint density at radius 3 is 2.18 bits per heavy atom. The highest BCUT2D eigenvalue weighted by molar-refractivity contribution is 9.10. The molecule has 0 bridgehead atoms. The zero-order chi connectivity index (χ0) is 19.8. The first kappa shape index (κ1) is 18.7. The van der Waals surface area contributed by atoms with Crippen LogP contribution in [0.25, 0.3) is 10.9 Å². The molecule has 28 heavy (non-hydrogen) atoms. The normalized spacial score (nSPS) is 14.5. The maximum Gasteiger partial charge on any atom is 0.271 e. The van der Waals surface area contributed by atoms with Crippen LogP contribution >= 0.6 is 15.9 Å². The highest BCUT2D eigenvalue weighted by atomic mass is 79.9. The average Bonchev–Trinajstić information content (AvgIpc) is 2.98. The van der Waals surface area contributed by atoms with Gasteiger partial charge in [-0.15, -0.1) is 0 Å². The van der Waals surface area contributed by atoms with Gasteiger partial charge < -0.3 is 14.4 Å². The van der Waals surface area contributed by atoms with Crippen molar-refractivity contribution >= 4 is 44.2 Å². The number of carbonyl (C=O) groups excluding carboxylic acids is 2. The van der Waals surface area contributed by atoms with Gasteiger partial charge in [0.25, 0.3) is 5.91 Å². The second-order valence-corrected chi connectivity index (χ2v) is 7.91. The average molecular weight is 440 g/mol. The first-order valence-electron chi connectivity index (χ1n) is 9.35. The van der Waals surface area contributed by atoms with Gasteiger partial charge in [-0.2, -0.15) is 0 Å². The molecule has 1 amide bonds. The highest BCUT2D eigenvalue weighted by Gasteiger charge is 2.27. The van der Waals surface area contributed by atoms with Crippen molar-refractivity contribution in [2.24, 2.45) is 7.05 Å². The van der Waals surface area contributed by atoms with Crippen LogP contribution in [0.4, 0.5) is 5.69 Å². The van der Waals surface area contributed by atoms with Crippen molar-refractivity contribution in [1.82, 2.24) is 9.47 Å². The number of carbonyl (C=O) groups is 2. The number of aromatic nitrogens is 1. The molecule has 0 atom stereocenters. The van der Waals surface area contributed by atoms with E-state index >= 15 is 0 Å². The minimum Gasteiger partial charge on any atom is -0.368 e. The first-order chi connectivity index (χ1) is 13.5. The third-order valence-corrected chi connectivity index (χ3v) is 6.26. The van der Waals surface area contributed by atoms with E-state index in [4.69, 9.17) is 0 Å². The summed E-state index contributed by atoms with van der Waals surface area (Å²) in [6.45, 7) is 4.45. The molecule has 0 N–H and O–H groups in total. The molecule has 3 aromatic rings. The number of ketones is 1. The van der Waals surface area contributed by atoms with Crippen LogP contribution < -0.4 is 4.90 Å². The second-order valence-electron chi connectivity index (χ2n) is 7.12. The Balaban J connectivity index is 1.49. The van der Waals surface area contributed by atoms with E-state index in [1.165, 1.54) is 0 Å². The van der Waals surface area contributed by atoms with E-state index in [9.17, 15) is 9.59 Å². The first-order valence-corrected chi connectivity index (χ1v) is 10.1. The van der Waals surface area contributed by atoms with E-state index in [1.807, 2.05) is 65.0 Å². The predicted molar refractivity (Wildman–Crippen MR) is 115 cm³/mol.